The molecule has 0 aliphatic heterocycles. The van der Waals surface area contributed by atoms with Crippen LogP contribution >= 0.6 is 0 Å². The van der Waals surface area contributed by atoms with Crippen LogP contribution in [0.25, 0.3) is 0 Å². The van der Waals surface area contributed by atoms with Crippen molar-refractivity contribution in [1.82, 2.24) is 0 Å². The van der Waals surface area contributed by atoms with Crippen molar-refractivity contribution in [3.63, 3.8) is 0 Å². The summed E-state index contributed by atoms with van der Waals surface area (Å²) in [4.78, 5) is 24.9. The summed E-state index contributed by atoms with van der Waals surface area (Å²) >= 11 is 0. The van der Waals surface area contributed by atoms with E-state index in [1.54, 1.807) is 20.8 Å². The van der Waals surface area contributed by atoms with Gasteiger partial charge in [0.25, 0.3) is 0 Å². The standard InChI is InChI=1S/C18H35NO7S/c1-8-18(4,16(21)25-11-9-13-27(22,23)24)14-17(2,3)15(20)26-12-10-19(5,6)7/h8-14H2,1-7H3. The number of rotatable bonds is 12. The molecule has 0 rings (SSSR count). The van der Waals surface area contributed by atoms with Gasteiger partial charge in [0, 0.05) is 5.75 Å². The maximum atomic E-state index is 12.5. The largest absolute Gasteiger partial charge is 0.748 e. The van der Waals surface area contributed by atoms with E-state index in [-0.39, 0.29) is 25.4 Å². The third kappa shape index (κ3) is 10.7. The Hall–Kier alpha value is -1.19. The van der Waals surface area contributed by atoms with Gasteiger partial charge in [-0.1, -0.05) is 6.92 Å². The first-order chi connectivity index (χ1) is 12.0. The average molecular weight is 410 g/mol. The minimum atomic E-state index is -4.33. The third-order valence-corrected chi connectivity index (χ3v) is 5.21. The van der Waals surface area contributed by atoms with E-state index >= 15 is 0 Å². The van der Waals surface area contributed by atoms with Gasteiger partial charge >= 0.3 is 11.9 Å². The van der Waals surface area contributed by atoms with E-state index in [1.165, 1.54) is 0 Å². The van der Waals surface area contributed by atoms with Crippen molar-refractivity contribution < 1.29 is 36.5 Å². The molecule has 0 bridgehead atoms. The smallest absolute Gasteiger partial charge is 0.311 e. The van der Waals surface area contributed by atoms with E-state index < -0.39 is 32.7 Å². The van der Waals surface area contributed by atoms with Gasteiger partial charge in [-0.3, -0.25) is 9.59 Å². The molecule has 8 nitrogen and oxygen atoms in total. The molecule has 0 saturated carbocycles. The lowest BCUT2D eigenvalue weighted by Crippen LogP contribution is -2.41. The predicted molar refractivity (Wildman–Crippen MR) is 101 cm³/mol. The molecule has 0 N–H and O–H groups in total. The highest BCUT2D eigenvalue weighted by Crippen LogP contribution is 2.38. The minimum absolute atomic E-state index is 0.0478. The molecule has 0 spiro atoms. The molecule has 9 heteroatoms. The molecule has 0 aliphatic rings. The Morgan fingerprint density at radius 3 is 1.96 bits per heavy atom. The summed E-state index contributed by atoms with van der Waals surface area (Å²) in [5.41, 5.74) is -1.80. The van der Waals surface area contributed by atoms with E-state index in [9.17, 15) is 22.6 Å². The lowest BCUT2D eigenvalue weighted by molar-refractivity contribution is -0.870. The van der Waals surface area contributed by atoms with Gasteiger partial charge in [0.05, 0.1) is 48.7 Å². The molecule has 0 heterocycles. The predicted octanol–water partition coefficient (Wildman–Crippen LogP) is 1.55. The van der Waals surface area contributed by atoms with Gasteiger partial charge in [-0.25, -0.2) is 8.42 Å². The molecular formula is C18H35NO7S. The first-order valence-electron chi connectivity index (χ1n) is 9.11. The van der Waals surface area contributed by atoms with Crippen LogP contribution in [0.1, 0.15) is 47.0 Å². The fourth-order valence-electron chi connectivity index (χ4n) is 2.57. The first-order valence-corrected chi connectivity index (χ1v) is 10.7. The first kappa shape index (κ1) is 25.8. The molecule has 1 atom stereocenters. The van der Waals surface area contributed by atoms with Gasteiger partial charge in [0.1, 0.15) is 13.2 Å². The van der Waals surface area contributed by atoms with Crippen LogP contribution in [0.15, 0.2) is 0 Å². The van der Waals surface area contributed by atoms with Crippen LogP contribution in [0, 0.1) is 10.8 Å². The van der Waals surface area contributed by atoms with Crippen molar-refractivity contribution in [2.45, 2.75) is 47.0 Å². The van der Waals surface area contributed by atoms with Gasteiger partial charge < -0.3 is 18.5 Å². The van der Waals surface area contributed by atoms with Gasteiger partial charge in [-0.05, 0) is 40.0 Å². The Bertz CT molecular complexity index is 608. The fraction of sp³-hybridized carbons (Fsp3) is 0.889. The summed E-state index contributed by atoms with van der Waals surface area (Å²) in [6.45, 7) is 7.81. The second-order valence-corrected chi connectivity index (χ2v) is 10.4. The maximum Gasteiger partial charge on any atom is 0.311 e. The number of ether oxygens (including phenoxy) is 2. The number of hydrogen-bond donors (Lipinski definition) is 0. The van der Waals surface area contributed by atoms with E-state index in [0.717, 1.165) is 0 Å². The summed E-state index contributed by atoms with van der Waals surface area (Å²) in [6, 6.07) is 0. The summed E-state index contributed by atoms with van der Waals surface area (Å²) < 4.78 is 43.0. The number of carbonyl (C=O) groups is 2. The Labute approximate surface area is 163 Å². The molecule has 0 aromatic heterocycles. The van der Waals surface area contributed by atoms with E-state index in [1.807, 2.05) is 28.1 Å². The molecule has 160 valence electrons. The molecular weight excluding hydrogens is 374 g/mol. The number of nitrogens with zero attached hydrogens (tertiary/aromatic N) is 1. The molecule has 27 heavy (non-hydrogen) atoms. The lowest BCUT2D eigenvalue weighted by Gasteiger charge is -2.34. The summed E-state index contributed by atoms with van der Waals surface area (Å²) in [6.07, 6.45) is 0.632. The van der Waals surface area contributed by atoms with Crippen molar-refractivity contribution in [1.29, 1.82) is 0 Å². The number of likely N-dealkylation sites (N-methyl/N-ethyl adjacent to an activating group) is 1. The third-order valence-electron chi connectivity index (χ3n) is 4.42. The summed E-state index contributed by atoms with van der Waals surface area (Å²) in [5, 5.41) is 0. The number of hydrogen-bond acceptors (Lipinski definition) is 7. The van der Waals surface area contributed by atoms with Crippen LogP contribution in [0.4, 0.5) is 0 Å². The van der Waals surface area contributed by atoms with Crippen LogP contribution < -0.4 is 0 Å². The Balaban J connectivity index is 4.77. The Kier molecular flexibility index (Phi) is 9.40. The van der Waals surface area contributed by atoms with Crippen LogP contribution in [-0.4, -0.2) is 76.0 Å². The van der Waals surface area contributed by atoms with Crippen LogP contribution in [0.5, 0.6) is 0 Å². The number of esters is 2. The maximum absolute atomic E-state index is 12.5. The second kappa shape index (κ2) is 9.84. The monoisotopic (exact) mass is 409 g/mol. The van der Waals surface area contributed by atoms with Crippen molar-refractivity contribution in [2.24, 2.45) is 10.8 Å². The number of carbonyl (C=O) groups excluding carboxylic acids is 2. The van der Waals surface area contributed by atoms with Crippen LogP contribution in [0.3, 0.4) is 0 Å². The van der Waals surface area contributed by atoms with Gasteiger partial charge in [0.15, 0.2) is 0 Å². The van der Waals surface area contributed by atoms with Crippen LogP contribution in [-0.2, 0) is 29.2 Å². The quantitative estimate of drug-likeness (QED) is 0.208. The average Bonchev–Trinajstić information content (AvgIpc) is 2.48. The topological polar surface area (TPSA) is 110 Å². The summed E-state index contributed by atoms with van der Waals surface area (Å²) in [5.74, 6) is -1.46. The second-order valence-electron chi connectivity index (χ2n) is 8.88. The Morgan fingerprint density at radius 1 is 1.00 bits per heavy atom. The normalized spacial score (nSPS) is 15.1. The molecule has 0 fully saturated rings. The minimum Gasteiger partial charge on any atom is -0.748 e. The SMILES string of the molecule is CCC(C)(CC(C)(C)C(=O)OCC[N+](C)(C)C)C(=O)OCCCS(=O)(=O)[O-]. The van der Waals surface area contributed by atoms with Crippen molar-refractivity contribution >= 4 is 22.1 Å². The van der Waals surface area contributed by atoms with Crippen molar-refractivity contribution in [3.8, 4) is 0 Å². The zero-order chi connectivity index (χ0) is 21.5. The zero-order valence-electron chi connectivity index (χ0n) is 17.7. The van der Waals surface area contributed by atoms with E-state index in [4.69, 9.17) is 9.47 Å². The molecule has 0 aromatic carbocycles. The van der Waals surface area contributed by atoms with E-state index in [2.05, 4.69) is 0 Å². The molecule has 0 aromatic rings. The van der Waals surface area contributed by atoms with E-state index in [0.29, 0.717) is 24.1 Å². The molecule has 0 amide bonds. The van der Waals surface area contributed by atoms with Crippen LogP contribution in [0.2, 0.25) is 0 Å². The molecule has 0 aliphatic carbocycles. The van der Waals surface area contributed by atoms with Gasteiger partial charge in [-0.15, -0.1) is 0 Å². The Morgan fingerprint density at radius 2 is 1.52 bits per heavy atom. The van der Waals surface area contributed by atoms with Crippen molar-refractivity contribution in [2.75, 3.05) is 46.7 Å². The van der Waals surface area contributed by atoms with Gasteiger partial charge in [0.2, 0.25) is 0 Å². The fourth-order valence-corrected chi connectivity index (χ4v) is 3.04. The summed E-state index contributed by atoms with van der Waals surface area (Å²) in [7, 11) is 1.68. The number of quaternary nitrogens is 1. The molecule has 0 radical (unpaired) electrons. The highest BCUT2D eigenvalue weighted by atomic mass is 32.2. The highest BCUT2D eigenvalue weighted by molar-refractivity contribution is 7.85. The van der Waals surface area contributed by atoms with Crippen molar-refractivity contribution in [3.05, 3.63) is 0 Å². The van der Waals surface area contributed by atoms with Gasteiger partial charge in [-0.2, -0.15) is 0 Å². The highest BCUT2D eigenvalue weighted by Gasteiger charge is 2.43. The lowest BCUT2D eigenvalue weighted by atomic mass is 9.72. The molecule has 0 saturated heterocycles. The zero-order valence-corrected chi connectivity index (χ0v) is 18.5. The molecule has 1 unspecified atom stereocenters.